The van der Waals surface area contributed by atoms with Gasteiger partial charge in [0, 0.05) is 37.0 Å². The van der Waals surface area contributed by atoms with Crippen LogP contribution in [0.4, 0.5) is 10.2 Å². The van der Waals surface area contributed by atoms with Gasteiger partial charge in [-0.3, -0.25) is 4.90 Å². The first-order valence-corrected chi connectivity index (χ1v) is 12.7. The van der Waals surface area contributed by atoms with Gasteiger partial charge in [0.05, 0.1) is 50.8 Å². The molecule has 3 aliphatic rings. The summed E-state index contributed by atoms with van der Waals surface area (Å²) in [6.07, 6.45) is 1.83. The molecule has 5 heterocycles. The summed E-state index contributed by atoms with van der Waals surface area (Å²) in [5, 5.41) is 5.65. The van der Waals surface area contributed by atoms with Crippen LogP contribution in [-0.2, 0) is 9.47 Å². The predicted molar refractivity (Wildman–Crippen MR) is 134 cm³/mol. The van der Waals surface area contributed by atoms with Crippen molar-refractivity contribution in [2.45, 2.75) is 44.5 Å². The number of likely N-dealkylation sites (tertiary alicyclic amines) is 1. The smallest absolute Gasteiger partial charge is 0.320 e. The number of rotatable bonds is 5. The molecule has 0 bridgehead atoms. The summed E-state index contributed by atoms with van der Waals surface area (Å²) in [5.41, 5.74) is 3.04. The lowest BCUT2D eigenvalue weighted by molar-refractivity contribution is -0.0807. The number of benzene rings is 1. The Morgan fingerprint density at radius 2 is 1.92 bits per heavy atom. The maximum Gasteiger partial charge on any atom is 0.320 e. The molecule has 36 heavy (non-hydrogen) atoms. The van der Waals surface area contributed by atoms with Gasteiger partial charge in [-0.15, -0.1) is 0 Å². The fraction of sp³-hybridized carbons (Fsp3) is 0.577. The molecule has 9 nitrogen and oxygen atoms in total. The average molecular weight is 497 g/mol. The van der Waals surface area contributed by atoms with Crippen molar-refractivity contribution in [3.8, 4) is 11.8 Å². The molecule has 0 amide bonds. The highest BCUT2D eigenvalue weighted by atomic mass is 19.1. The van der Waals surface area contributed by atoms with Crippen LogP contribution in [0.1, 0.15) is 30.4 Å². The molecule has 3 fully saturated rings. The predicted octanol–water partition coefficient (Wildman–Crippen LogP) is 2.88. The molecule has 0 radical (unpaired) electrons. The van der Waals surface area contributed by atoms with Crippen LogP contribution in [0.3, 0.4) is 0 Å². The summed E-state index contributed by atoms with van der Waals surface area (Å²) in [4.78, 5) is 13.6. The first-order valence-electron chi connectivity index (χ1n) is 12.7. The third-order valence-corrected chi connectivity index (χ3v) is 7.71. The van der Waals surface area contributed by atoms with Crippen molar-refractivity contribution in [3.63, 3.8) is 0 Å². The van der Waals surface area contributed by atoms with Crippen LogP contribution in [0, 0.1) is 6.92 Å². The molecule has 3 saturated heterocycles. The van der Waals surface area contributed by atoms with E-state index < -0.39 is 6.17 Å². The second-order valence-electron chi connectivity index (χ2n) is 10.1. The Morgan fingerprint density at radius 1 is 1.08 bits per heavy atom. The molecular weight excluding hydrogens is 463 g/mol. The lowest BCUT2D eigenvalue weighted by Gasteiger charge is -2.43. The number of aromatic nitrogens is 4. The van der Waals surface area contributed by atoms with E-state index in [1.54, 1.807) is 7.11 Å². The lowest BCUT2D eigenvalue weighted by atomic mass is 9.84. The number of morpholine rings is 1. The minimum Gasteiger partial charge on any atom is -0.467 e. The molecule has 6 rings (SSSR count). The fourth-order valence-electron chi connectivity index (χ4n) is 5.62. The third-order valence-electron chi connectivity index (χ3n) is 7.71. The van der Waals surface area contributed by atoms with Crippen molar-refractivity contribution in [3.05, 3.63) is 35.5 Å². The second kappa shape index (κ2) is 9.57. The van der Waals surface area contributed by atoms with Gasteiger partial charge in [0.15, 0.2) is 5.82 Å². The fourth-order valence-corrected chi connectivity index (χ4v) is 5.62. The van der Waals surface area contributed by atoms with Gasteiger partial charge in [0.1, 0.15) is 12.0 Å². The van der Waals surface area contributed by atoms with Gasteiger partial charge < -0.3 is 19.1 Å². The van der Waals surface area contributed by atoms with E-state index in [1.807, 2.05) is 16.9 Å². The van der Waals surface area contributed by atoms with Gasteiger partial charge in [-0.1, -0.05) is 0 Å². The van der Waals surface area contributed by atoms with Crippen LogP contribution < -0.4 is 9.64 Å². The summed E-state index contributed by atoms with van der Waals surface area (Å²) >= 11 is 0. The topological polar surface area (TPSA) is 77.8 Å². The zero-order valence-corrected chi connectivity index (χ0v) is 21.1. The van der Waals surface area contributed by atoms with Crippen molar-refractivity contribution in [2.75, 3.05) is 58.0 Å². The number of methoxy groups -OCH3 is 1. The Hall–Kier alpha value is -2.82. The summed E-state index contributed by atoms with van der Waals surface area (Å²) in [7, 11) is 1.57. The number of halogens is 1. The number of nitrogens with zero attached hydrogens (tertiary/aromatic N) is 6. The molecule has 3 aliphatic heterocycles. The third kappa shape index (κ3) is 4.31. The number of hydrogen-bond acceptors (Lipinski definition) is 8. The van der Waals surface area contributed by atoms with E-state index in [0.717, 1.165) is 67.1 Å². The van der Waals surface area contributed by atoms with Crippen molar-refractivity contribution in [1.82, 2.24) is 24.6 Å². The van der Waals surface area contributed by atoms with Crippen LogP contribution in [0.25, 0.3) is 16.7 Å². The first kappa shape index (κ1) is 23.6. The molecule has 3 aromatic rings. The van der Waals surface area contributed by atoms with E-state index in [0.29, 0.717) is 25.0 Å². The van der Waals surface area contributed by atoms with Gasteiger partial charge in [-0.2, -0.15) is 15.1 Å². The molecule has 10 heteroatoms. The molecule has 0 N–H and O–H groups in total. The van der Waals surface area contributed by atoms with E-state index >= 15 is 4.39 Å². The Kier molecular flexibility index (Phi) is 6.27. The highest BCUT2D eigenvalue weighted by Gasteiger charge is 2.36. The standard InChI is InChI=1S/C26H33FN6O3/c1-16-8-18-11-28-33(25-10-24(29-26(30-25)34-3)32-6-7-36-17(2)12-32)23(18)9-21(16)20-4-5-31(13-22(20)27)19-14-35-15-19/h8-11,17,19-20,22H,4-7,12-15H2,1-3H3. The number of aryl methyl sites for hydroxylation is 1. The first-order chi connectivity index (χ1) is 17.5. The highest BCUT2D eigenvalue weighted by molar-refractivity contribution is 5.82. The number of alkyl halides is 1. The molecule has 0 aliphatic carbocycles. The number of hydrogen-bond donors (Lipinski definition) is 0. The monoisotopic (exact) mass is 496 g/mol. The van der Waals surface area contributed by atoms with Crippen LogP contribution in [0.2, 0.25) is 0 Å². The van der Waals surface area contributed by atoms with E-state index in [-0.39, 0.29) is 18.0 Å². The highest BCUT2D eigenvalue weighted by Crippen LogP contribution is 2.36. The molecule has 3 atom stereocenters. The van der Waals surface area contributed by atoms with Gasteiger partial charge in [0.2, 0.25) is 0 Å². The van der Waals surface area contributed by atoms with Gasteiger partial charge in [0.25, 0.3) is 0 Å². The molecule has 0 saturated carbocycles. The number of fused-ring (bicyclic) bond motifs is 1. The zero-order chi connectivity index (χ0) is 24.8. The van der Waals surface area contributed by atoms with E-state index in [9.17, 15) is 0 Å². The Bertz CT molecular complexity index is 1250. The van der Waals surface area contributed by atoms with Gasteiger partial charge in [-0.25, -0.2) is 9.07 Å². The van der Waals surface area contributed by atoms with Gasteiger partial charge >= 0.3 is 6.01 Å². The van der Waals surface area contributed by atoms with E-state index in [2.05, 4.69) is 50.8 Å². The Morgan fingerprint density at radius 3 is 2.64 bits per heavy atom. The summed E-state index contributed by atoms with van der Waals surface area (Å²) in [6.45, 7) is 9.04. The summed E-state index contributed by atoms with van der Waals surface area (Å²) in [6, 6.07) is 6.79. The molecule has 2 aromatic heterocycles. The largest absolute Gasteiger partial charge is 0.467 e. The molecule has 1 aromatic carbocycles. The van der Waals surface area contributed by atoms with Crippen LogP contribution >= 0.6 is 0 Å². The maximum absolute atomic E-state index is 15.5. The second-order valence-corrected chi connectivity index (χ2v) is 10.1. The molecular formula is C26H33FN6O3. The van der Waals surface area contributed by atoms with Crippen molar-refractivity contribution in [2.24, 2.45) is 0 Å². The molecule has 0 spiro atoms. The van der Waals surface area contributed by atoms with Crippen LogP contribution in [0.15, 0.2) is 24.4 Å². The summed E-state index contributed by atoms with van der Waals surface area (Å²) in [5.74, 6) is 1.26. The molecule has 192 valence electrons. The number of anilines is 1. The summed E-state index contributed by atoms with van der Waals surface area (Å²) < 4.78 is 33.7. The number of ether oxygens (including phenoxy) is 3. The van der Waals surface area contributed by atoms with E-state index in [4.69, 9.17) is 14.2 Å². The van der Waals surface area contributed by atoms with Gasteiger partial charge in [-0.05, 0) is 50.1 Å². The maximum atomic E-state index is 15.5. The SMILES string of the molecule is COc1nc(N2CCOC(C)C2)cc(-n2ncc3cc(C)c(C4CCN(C5COC5)CC4F)cc32)n1. The van der Waals surface area contributed by atoms with Crippen LogP contribution in [-0.4, -0.2) is 96.1 Å². The van der Waals surface area contributed by atoms with Crippen molar-refractivity contribution < 1.29 is 18.6 Å². The van der Waals surface area contributed by atoms with Crippen LogP contribution in [0.5, 0.6) is 6.01 Å². The Labute approximate surface area is 210 Å². The average Bonchev–Trinajstić information content (AvgIpc) is 3.25. The van der Waals surface area contributed by atoms with Crippen molar-refractivity contribution in [1.29, 1.82) is 0 Å². The lowest BCUT2D eigenvalue weighted by Crippen LogP contribution is -2.54. The minimum absolute atomic E-state index is 0.121. The minimum atomic E-state index is -0.916. The van der Waals surface area contributed by atoms with Crippen molar-refractivity contribution >= 4 is 16.7 Å². The molecule has 3 unspecified atom stereocenters. The number of piperidine rings is 1. The Balaban J connectivity index is 1.34. The normalized spacial score (nSPS) is 25.8. The van der Waals surface area contributed by atoms with E-state index in [1.165, 1.54) is 0 Å². The quantitative estimate of drug-likeness (QED) is 0.534. The zero-order valence-electron chi connectivity index (χ0n) is 21.1.